The highest BCUT2D eigenvalue weighted by Gasteiger charge is 2.25. The number of hydrogen-bond acceptors (Lipinski definition) is 4. The lowest BCUT2D eigenvalue weighted by Crippen LogP contribution is -2.21. The summed E-state index contributed by atoms with van der Waals surface area (Å²) in [7, 11) is 0. The molecule has 8 heteroatoms. The van der Waals surface area contributed by atoms with Crippen molar-refractivity contribution in [3.05, 3.63) is 41.4 Å². The summed E-state index contributed by atoms with van der Waals surface area (Å²) in [5, 5.41) is 11.0. The number of aromatic amines is 1. The maximum atomic E-state index is 12.8. The molecule has 1 aromatic heterocycles. The van der Waals surface area contributed by atoms with Crippen molar-refractivity contribution in [3.8, 4) is 17.0 Å². The zero-order valence-electron chi connectivity index (χ0n) is 15.1. The van der Waals surface area contributed by atoms with Crippen LogP contribution in [-0.4, -0.2) is 42.2 Å². The summed E-state index contributed by atoms with van der Waals surface area (Å²) >= 11 is 8.26. The van der Waals surface area contributed by atoms with Crippen molar-refractivity contribution in [2.24, 2.45) is 0 Å². The number of nitrogens with one attached hydrogen (secondary N) is 1. The van der Waals surface area contributed by atoms with Crippen LogP contribution in [0.25, 0.3) is 22.2 Å². The topological polar surface area (TPSA) is 48.5 Å². The van der Waals surface area contributed by atoms with Crippen molar-refractivity contribution in [2.75, 3.05) is 24.2 Å². The molecular weight excluding hydrogens is 406 g/mol. The van der Waals surface area contributed by atoms with Crippen LogP contribution in [0.5, 0.6) is 5.75 Å². The smallest absolute Gasteiger partial charge is 0.387 e. The van der Waals surface area contributed by atoms with Crippen molar-refractivity contribution in [1.29, 1.82) is 0 Å². The Kier molecular flexibility index (Phi) is 5.40. The minimum atomic E-state index is -2.92. The number of aliphatic hydroxyl groups is 1. The number of H-pyrrole nitrogens is 1. The quantitative estimate of drug-likeness (QED) is 0.540. The lowest BCUT2D eigenvalue weighted by atomic mass is 10.1. The Morgan fingerprint density at radius 2 is 2.14 bits per heavy atom. The summed E-state index contributed by atoms with van der Waals surface area (Å²) < 4.78 is 30.2. The molecule has 2 heterocycles. The number of aliphatic hydroxyl groups excluding tert-OH is 1. The molecule has 1 unspecified atom stereocenters. The van der Waals surface area contributed by atoms with E-state index in [-0.39, 0.29) is 11.9 Å². The van der Waals surface area contributed by atoms with Gasteiger partial charge in [0.1, 0.15) is 5.75 Å². The fourth-order valence-corrected chi connectivity index (χ4v) is 4.36. The Morgan fingerprint density at radius 1 is 1.32 bits per heavy atom. The molecule has 0 aliphatic carbocycles. The number of halogens is 3. The van der Waals surface area contributed by atoms with Crippen molar-refractivity contribution in [1.82, 2.24) is 4.98 Å². The molecule has 28 heavy (non-hydrogen) atoms. The van der Waals surface area contributed by atoms with E-state index >= 15 is 0 Å². The molecule has 0 radical (unpaired) electrons. The molecular formula is C20H19ClF2N2O2S. The number of ether oxygens (including phenoxy) is 1. The highest BCUT2D eigenvalue weighted by atomic mass is 35.5. The largest absolute Gasteiger partial charge is 0.433 e. The van der Waals surface area contributed by atoms with Gasteiger partial charge in [-0.15, -0.1) is 11.8 Å². The van der Waals surface area contributed by atoms with Crippen LogP contribution in [-0.2, 0) is 0 Å². The number of aromatic nitrogens is 1. The SMILES string of the molecule is CSc1ccc(N2CCC(O)C2)c(-c2[nH]c3c(OC(F)F)cccc3c2Cl)c1. The number of nitrogens with zero attached hydrogens (tertiary/aromatic N) is 1. The third kappa shape index (κ3) is 3.54. The molecule has 4 nitrogen and oxygen atoms in total. The number of thioether (sulfide) groups is 1. The van der Waals surface area contributed by atoms with E-state index in [4.69, 9.17) is 11.6 Å². The first-order valence-corrected chi connectivity index (χ1v) is 10.4. The Morgan fingerprint density at radius 3 is 2.82 bits per heavy atom. The predicted octanol–water partition coefficient (Wildman–Crippen LogP) is 5.38. The van der Waals surface area contributed by atoms with Crippen LogP contribution < -0.4 is 9.64 Å². The molecule has 0 bridgehead atoms. The predicted molar refractivity (Wildman–Crippen MR) is 110 cm³/mol. The summed E-state index contributed by atoms with van der Waals surface area (Å²) in [6.07, 6.45) is 2.33. The Balaban J connectivity index is 1.88. The lowest BCUT2D eigenvalue weighted by molar-refractivity contribution is -0.0489. The van der Waals surface area contributed by atoms with E-state index in [9.17, 15) is 13.9 Å². The molecule has 0 saturated carbocycles. The summed E-state index contributed by atoms with van der Waals surface area (Å²) in [6.45, 7) is -1.63. The maximum absolute atomic E-state index is 12.8. The molecule has 148 valence electrons. The van der Waals surface area contributed by atoms with E-state index in [0.29, 0.717) is 34.6 Å². The summed E-state index contributed by atoms with van der Waals surface area (Å²) in [5.74, 6) is 0.0554. The fourth-order valence-electron chi connectivity index (χ4n) is 3.62. The van der Waals surface area contributed by atoms with E-state index < -0.39 is 6.61 Å². The molecule has 0 spiro atoms. The zero-order valence-corrected chi connectivity index (χ0v) is 16.7. The monoisotopic (exact) mass is 424 g/mol. The Labute approximate surface area is 170 Å². The number of para-hydroxylation sites is 1. The van der Waals surface area contributed by atoms with Crippen LogP contribution in [0.15, 0.2) is 41.3 Å². The van der Waals surface area contributed by atoms with E-state index in [1.54, 1.807) is 23.9 Å². The number of fused-ring (bicyclic) bond motifs is 1. The van der Waals surface area contributed by atoms with Crippen LogP contribution in [0.2, 0.25) is 5.02 Å². The van der Waals surface area contributed by atoms with E-state index in [1.165, 1.54) is 6.07 Å². The maximum Gasteiger partial charge on any atom is 0.387 e. The van der Waals surface area contributed by atoms with Gasteiger partial charge in [0.2, 0.25) is 0 Å². The van der Waals surface area contributed by atoms with E-state index in [0.717, 1.165) is 22.7 Å². The van der Waals surface area contributed by atoms with Gasteiger partial charge in [-0.25, -0.2) is 0 Å². The van der Waals surface area contributed by atoms with Gasteiger partial charge >= 0.3 is 6.61 Å². The molecule has 0 amide bonds. The van der Waals surface area contributed by atoms with Crippen LogP contribution in [0, 0.1) is 0 Å². The van der Waals surface area contributed by atoms with Gasteiger partial charge in [0, 0.05) is 34.6 Å². The van der Waals surface area contributed by atoms with Gasteiger partial charge in [0.05, 0.1) is 22.3 Å². The first kappa shape index (κ1) is 19.4. The number of alkyl halides is 2. The van der Waals surface area contributed by atoms with Crippen molar-refractivity contribution >= 4 is 40.0 Å². The van der Waals surface area contributed by atoms with Gasteiger partial charge in [-0.3, -0.25) is 0 Å². The summed E-state index contributed by atoms with van der Waals surface area (Å²) in [5.41, 5.74) is 2.89. The van der Waals surface area contributed by atoms with Gasteiger partial charge in [0.15, 0.2) is 0 Å². The normalized spacial score (nSPS) is 17.1. The van der Waals surface area contributed by atoms with Crippen LogP contribution in [0.4, 0.5) is 14.5 Å². The van der Waals surface area contributed by atoms with Crippen molar-refractivity contribution < 1.29 is 18.6 Å². The number of benzene rings is 2. The average molecular weight is 425 g/mol. The van der Waals surface area contributed by atoms with Gasteiger partial charge in [-0.05, 0) is 36.9 Å². The molecule has 3 aromatic rings. The Bertz CT molecular complexity index is 1010. The first-order chi connectivity index (χ1) is 13.5. The molecule has 1 fully saturated rings. The average Bonchev–Trinajstić information content (AvgIpc) is 3.25. The van der Waals surface area contributed by atoms with Gasteiger partial charge in [-0.2, -0.15) is 8.78 Å². The van der Waals surface area contributed by atoms with Crippen LogP contribution >= 0.6 is 23.4 Å². The Hall–Kier alpha value is -1.96. The molecule has 1 atom stereocenters. The van der Waals surface area contributed by atoms with E-state index in [2.05, 4.69) is 14.6 Å². The third-order valence-electron chi connectivity index (χ3n) is 4.93. The molecule has 4 rings (SSSR count). The summed E-state index contributed by atoms with van der Waals surface area (Å²) in [6, 6.07) is 11.0. The van der Waals surface area contributed by atoms with Crippen molar-refractivity contribution in [2.45, 2.75) is 24.0 Å². The fraction of sp³-hybridized carbons (Fsp3) is 0.300. The number of β-amino-alcohol motifs (C(OH)–C–C–N with tert-alkyl or cyclic N) is 1. The minimum Gasteiger partial charge on any atom is -0.433 e. The first-order valence-electron chi connectivity index (χ1n) is 8.84. The second kappa shape index (κ2) is 7.81. The van der Waals surface area contributed by atoms with Crippen molar-refractivity contribution in [3.63, 3.8) is 0 Å². The summed E-state index contributed by atoms with van der Waals surface area (Å²) in [4.78, 5) is 6.36. The number of hydrogen-bond donors (Lipinski definition) is 2. The van der Waals surface area contributed by atoms with Gasteiger partial charge in [-0.1, -0.05) is 23.7 Å². The van der Waals surface area contributed by atoms with Gasteiger partial charge < -0.3 is 19.7 Å². The zero-order chi connectivity index (χ0) is 19.8. The standard InChI is InChI=1S/C20H19ClF2N2O2S/c1-28-12-5-6-15(25-8-7-11(26)10-25)14(9-12)19-17(21)13-3-2-4-16(18(13)24-19)27-20(22)23/h2-6,9,11,20,24,26H,7-8,10H2,1H3. The molecule has 1 saturated heterocycles. The second-order valence-electron chi connectivity index (χ2n) is 6.64. The molecule has 1 aliphatic rings. The number of anilines is 1. The van der Waals surface area contributed by atoms with Gasteiger partial charge in [0.25, 0.3) is 0 Å². The van der Waals surface area contributed by atoms with E-state index in [1.807, 2.05) is 24.5 Å². The van der Waals surface area contributed by atoms with Crippen LogP contribution in [0.1, 0.15) is 6.42 Å². The number of rotatable bonds is 5. The molecule has 2 N–H and O–H groups in total. The third-order valence-corrected chi connectivity index (χ3v) is 6.04. The highest BCUT2D eigenvalue weighted by molar-refractivity contribution is 7.98. The second-order valence-corrected chi connectivity index (χ2v) is 7.90. The molecule has 2 aromatic carbocycles. The molecule has 1 aliphatic heterocycles. The lowest BCUT2D eigenvalue weighted by Gasteiger charge is -2.22. The highest BCUT2D eigenvalue weighted by Crippen LogP contribution is 2.43. The van der Waals surface area contributed by atoms with Crippen LogP contribution in [0.3, 0.4) is 0 Å². The minimum absolute atomic E-state index is 0.0554.